The molecule has 3 atom stereocenters. The van der Waals surface area contributed by atoms with Gasteiger partial charge in [0, 0.05) is 0 Å². The highest BCUT2D eigenvalue weighted by molar-refractivity contribution is 7.58. The van der Waals surface area contributed by atoms with Crippen LogP contribution in [0.2, 0.25) is 0 Å². The van der Waals surface area contributed by atoms with Gasteiger partial charge in [0.2, 0.25) is 0 Å². The summed E-state index contributed by atoms with van der Waals surface area (Å²) in [6.07, 6.45) is 0. The highest BCUT2D eigenvalue weighted by Gasteiger charge is 2.39. The topological polar surface area (TPSA) is 115 Å². The van der Waals surface area contributed by atoms with Gasteiger partial charge in [-0.2, -0.15) is 0 Å². The Morgan fingerprint density at radius 2 is 1.32 bits per heavy atom. The fourth-order valence-corrected chi connectivity index (χ4v) is 3.45. The number of hydrogen-bond donors (Lipinski definition) is 4. The third-order valence-electron chi connectivity index (χ3n) is 3.25. The van der Waals surface area contributed by atoms with Gasteiger partial charge in [0.05, 0.1) is 5.56 Å². The average Bonchev–Trinajstić information content (AvgIpc) is 2.54. The summed E-state index contributed by atoms with van der Waals surface area (Å²) >= 11 is 0. The Morgan fingerprint density at radius 1 is 0.864 bits per heavy atom. The van der Waals surface area contributed by atoms with E-state index in [1.807, 2.05) is 0 Å². The minimum absolute atomic E-state index is 0.00710. The smallest absolute Gasteiger partial charge is 0.335 e. The van der Waals surface area contributed by atoms with Crippen LogP contribution in [0, 0.1) is 0 Å². The van der Waals surface area contributed by atoms with E-state index in [9.17, 15) is 24.5 Å². The van der Waals surface area contributed by atoms with E-state index in [-0.39, 0.29) is 16.7 Å². The summed E-state index contributed by atoms with van der Waals surface area (Å²) in [7, 11) is -4.39. The van der Waals surface area contributed by atoms with Crippen LogP contribution in [-0.2, 0) is 4.57 Å². The Kier molecular flexibility index (Phi) is 4.78. The lowest BCUT2D eigenvalue weighted by Crippen LogP contribution is -2.07. The first kappa shape index (κ1) is 16.4. The zero-order chi connectivity index (χ0) is 16.3. The van der Waals surface area contributed by atoms with Gasteiger partial charge in [-0.05, 0) is 23.3 Å². The van der Waals surface area contributed by atoms with Gasteiger partial charge in [-0.25, -0.2) is 4.79 Å². The lowest BCUT2D eigenvalue weighted by Gasteiger charge is -2.23. The summed E-state index contributed by atoms with van der Waals surface area (Å²) in [5.41, 5.74) is 0.271. The molecule has 4 N–H and O–H groups in total. The predicted octanol–water partition coefficient (Wildman–Crippen LogP) is 2.34. The van der Waals surface area contributed by atoms with E-state index < -0.39 is 25.0 Å². The van der Waals surface area contributed by atoms with Crippen LogP contribution in [0.3, 0.4) is 0 Å². The zero-order valence-electron chi connectivity index (χ0n) is 11.4. The molecule has 0 aliphatic heterocycles. The van der Waals surface area contributed by atoms with E-state index in [0.717, 1.165) is 0 Å². The molecule has 0 aliphatic rings. The lowest BCUT2D eigenvalue weighted by atomic mass is 10.1. The molecule has 3 unspecified atom stereocenters. The van der Waals surface area contributed by atoms with Gasteiger partial charge >= 0.3 is 5.97 Å². The van der Waals surface area contributed by atoms with Crippen molar-refractivity contribution >= 4 is 13.3 Å². The molecule has 0 aliphatic carbocycles. The first-order valence-electron chi connectivity index (χ1n) is 6.40. The SMILES string of the molecule is O=C(O)c1ccc(C(O)P(=O)(O)C(O)c2ccccc2)cc1. The Balaban J connectivity index is 2.28. The largest absolute Gasteiger partial charge is 0.478 e. The monoisotopic (exact) mass is 322 g/mol. The van der Waals surface area contributed by atoms with Crippen LogP contribution >= 0.6 is 7.37 Å². The third-order valence-corrected chi connectivity index (χ3v) is 5.25. The molecule has 7 heteroatoms. The number of aliphatic hydroxyl groups is 2. The Labute approximate surface area is 126 Å². The van der Waals surface area contributed by atoms with Gasteiger partial charge in [-0.15, -0.1) is 0 Å². The molecule has 0 spiro atoms. The zero-order valence-corrected chi connectivity index (χ0v) is 12.3. The van der Waals surface area contributed by atoms with Crippen LogP contribution in [0.25, 0.3) is 0 Å². The van der Waals surface area contributed by atoms with Gasteiger partial charge in [0.25, 0.3) is 7.37 Å². The summed E-state index contributed by atoms with van der Waals surface area (Å²) in [5, 5.41) is 28.9. The number of aromatic carboxylic acids is 1. The minimum Gasteiger partial charge on any atom is -0.478 e. The van der Waals surface area contributed by atoms with Crippen LogP contribution < -0.4 is 0 Å². The van der Waals surface area contributed by atoms with Crippen molar-refractivity contribution in [3.8, 4) is 0 Å². The summed E-state index contributed by atoms with van der Waals surface area (Å²) in [4.78, 5) is 20.8. The fraction of sp³-hybridized carbons (Fsp3) is 0.133. The molecule has 2 aromatic rings. The number of benzene rings is 2. The molecule has 0 fully saturated rings. The van der Waals surface area contributed by atoms with Gasteiger partial charge in [-0.3, -0.25) is 4.57 Å². The minimum atomic E-state index is -4.39. The maximum Gasteiger partial charge on any atom is 0.335 e. The number of carbonyl (C=O) groups is 1. The second-order valence-corrected chi connectivity index (χ2v) is 7.08. The second-order valence-electron chi connectivity index (χ2n) is 4.76. The summed E-state index contributed by atoms with van der Waals surface area (Å²) < 4.78 is 12.4. The number of rotatable bonds is 5. The van der Waals surface area contributed by atoms with Crippen LogP contribution in [-0.4, -0.2) is 26.2 Å². The summed E-state index contributed by atoms with van der Waals surface area (Å²) in [6.45, 7) is 0. The van der Waals surface area contributed by atoms with Crippen LogP contribution in [0.15, 0.2) is 54.6 Å². The molecule has 0 radical (unpaired) electrons. The molecule has 0 aromatic heterocycles. The number of carboxylic acid groups (broad SMARTS) is 1. The van der Waals surface area contributed by atoms with E-state index in [4.69, 9.17) is 5.11 Å². The maximum absolute atomic E-state index is 12.4. The van der Waals surface area contributed by atoms with Crippen molar-refractivity contribution in [1.29, 1.82) is 0 Å². The third kappa shape index (κ3) is 3.26. The van der Waals surface area contributed by atoms with E-state index >= 15 is 0 Å². The standard InChI is InChI=1S/C15H15O6P/c16-13(17)10-6-8-12(9-7-10)15(19)22(20,21)14(18)11-4-2-1-3-5-11/h1-9,14-15,18-19H,(H,16,17)(H,20,21). The number of carboxylic acids is 1. The van der Waals surface area contributed by atoms with E-state index in [1.54, 1.807) is 18.2 Å². The Hall–Kier alpha value is -1.98. The van der Waals surface area contributed by atoms with Crippen molar-refractivity contribution < 1.29 is 29.6 Å². The van der Waals surface area contributed by atoms with Crippen molar-refractivity contribution in [1.82, 2.24) is 0 Å². The lowest BCUT2D eigenvalue weighted by molar-refractivity contribution is 0.0696. The molecule has 22 heavy (non-hydrogen) atoms. The van der Waals surface area contributed by atoms with Crippen LogP contribution in [0.4, 0.5) is 0 Å². The van der Waals surface area contributed by atoms with Crippen molar-refractivity contribution in [2.45, 2.75) is 11.7 Å². The van der Waals surface area contributed by atoms with Gasteiger partial charge in [0.15, 0.2) is 11.7 Å². The van der Waals surface area contributed by atoms with Crippen molar-refractivity contribution in [3.05, 3.63) is 71.3 Å². The molecule has 0 bridgehead atoms. The molecule has 2 rings (SSSR count). The molecule has 0 saturated heterocycles. The van der Waals surface area contributed by atoms with E-state index in [1.165, 1.54) is 36.4 Å². The van der Waals surface area contributed by atoms with Gasteiger partial charge in [0.1, 0.15) is 0 Å². The molecule has 116 valence electrons. The predicted molar refractivity (Wildman–Crippen MR) is 79.6 cm³/mol. The average molecular weight is 322 g/mol. The molecule has 0 heterocycles. The number of aliphatic hydroxyl groups excluding tert-OH is 2. The first-order chi connectivity index (χ1) is 10.3. The first-order valence-corrected chi connectivity index (χ1v) is 8.20. The highest BCUT2D eigenvalue weighted by Crippen LogP contribution is 2.63. The van der Waals surface area contributed by atoms with E-state index in [2.05, 4.69) is 0 Å². The molecule has 2 aromatic carbocycles. The fourth-order valence-electron chi connectivity index (χ4n) is 1.98. The maximum atomic E-state index is 12.4. The normalized spacial score (nSPS) is 16.5. The second kappa shape index (κ2) is 6.42. The highest BCUT2D eigenvalue weighted by atomic mass is 31.2. The Morgan fingerprint density at radius 3 is 1.77 bits per heavy atom. The Bertz CT molecular complexity index is 698. The van der Waals surface area contributed by atoms with Crippen molar-refractivity contribution in [2.75, 3.05) is 0 Å². The molecule has 0 amide bonds. The molecule has 6 nitrogen and oxygen atoms in total. The van der Waals surface area contributed by atoms with Crippen LogP contribution in [0.5, 0.6) is 0 Å². The molecule has 0 saturated carbocycles. The van der Waals surface area contributed by atoms with Gasteiger partial charge in [-0.1, -0.05) is 42.5 Å². The van der Waals surface area contributed by atoms with Gasteiger partial charge < -0.3 is 20.2 Å². The number of hydrogen-bond acceptors (Lipinski definition) is 4. The summed E-state index contributed by atoms with van der Waals surface area (Å²) in [5.74, 6) is -4.69. The quantitative estimate of drug-likeness (QED) is 0.628. The van der Waals surface area contributed by atoms with Crippen LogP contribution in [0.1, 0.15) is 33.2 Å². The molecular weight excluding hydrogens is 307 g/mol. The van der Waals surface area contributed by atoms with E-state index in [0.29, 0.717) is 0 Å². The molecular formula is C15H15O6P. The summed E-state index contributed by atoms with van der Waals surface area (Å²) in [6, 6.07) is 12.8. The van der Waals surface area contributed by atoms with Crippen molar-refractivity contribution in [2.24, 2.45) is 0 Å². The van der Waals surface area contributed by atoms with Crippen molar-refractivity contribution in [3.63, 3.8) is 0 Å².